The fraction of sp³-hybridized carbons (Fsp3) is 0.125. The fourth-order valence-corrected chi connectivity index (χ4v) is 1.49. The summed E-state index contributed by atoms with van der Waals surface area (Å²) in [6.07, 6.45) is 0. The van der Waals surface area contributed by atoms with Gasteiger partial charge in [-0.1, -0.05) is 6.07 Å². The van der Waals surface area contributed by atoms with Crippen molar-refractivity contribution in [3.8, 4) is 5.75 Å². The minimum Gasteiger partial charge on any atom is -0.493 e. The van der Waals surface area contributed by atoms with Gasteiger partial charge in [-0.15, -0.1) is 0 Å². The van der Waals surface area contributed by atoms with Crippen molar-refractivity contribution in [2.75, 3.05) is 12.4 Å². The molecule has 0 amide bonds. The summed E-state index contributed by atoms with van der Waals surface area (Å²) in [5, 5.41) is 9.74. The third-order valence-electron chi connectivity index (χ3n) is 1.44. The van der Waals surface area contributed by atoms with E-state index in [2.05, 4.69) is 21.2 Å². The molecule has 0 unspecified atom stereocenters. The predicted molar refractivity (Wildman–Crippen MR) is 56.2 cm³/mol. The summed E-state index contributed by atoms with van der Waals surface area (Å²) in [5.41, 5.74) is 5.87. The Labute approximate surface area is 84.7 Å². The van der Waals surface area contributed by atoms with Gasteiger partial charge in [-0.25, -0.2) is 0 Å². The maximum absolute atomic E-state index is 7.07. The van der Waals surface area contributed by atoms with E-state index in [0.717, 1.165) is 4.47 Å². The lowest BCUT2D eigenvalue weighted by atomic mass is 10.3. The number of ether oxygens (including phenoxy) is 1. The summed E-state index contributed by atoms with van der Waals surface area (Å²) in [6, 6.07) is 5.47. The van der Waals surface area contributed by atoms with Gasteiger partial charge in [0, 0.05) is 0 Å². The van der Waals surface area contributed by atoms with E-state index in [1.54, 1.807) is 13.2 Å². The average Bonchev–Trinajstić information content (AvgIpc) is 2.03. The first-order valence-electron chi connectivity index (χ1n) is 3.58. The molecule has 0 spiro atoms. The summed E-state index contributed by atoms with van der Waals surface area (Å²) in [7, 11) is 1.56. The first kappa shape index (κ1) is 9.85. The molecule has 70 valence electrons. The Morgan fingerprint density at radius 3 is 2.85 bits per heavy atom. The highest BCUT2D eigenvalue weighted by molar-refractivity contribution is 9.10. The highest BCUT2D eigenvalue weighted by Gasteiger charge is 2.06. The van der Waals surface area contributed by atoms with E-state index in [1.165, 1.54) is 0 Å². The molecule has 0 saturated heterocycles. The minimum absolute atomic E-state index is 0.114. The van der Waals surface area contributed by atoms with Crippen LogP contribution in [0.15, 0.2) is 22.7 Å². The van der Waals surface area contributed by atoms with Crippen LogP contribution in [0.4, 0.5) is 5.69 Å². The van der Waals surface area contributed by atoms with Crippen molar-refractivity contribution in [1.82, 2.24) is 0 Å². The van der Waals surface area contributed by atoms with Crippen LogP contribution >= 0.6 is 15.9 Å². The Kier molecular flexibility index (Phi) is 3.13. The lowest BCUT2D eigenvalue weighted by Gasteiger charge is -2.10. The number of para-hydroxylation sites is 1. The maximum atomic E-state index is 7.07. The third-order valence-corrected chi connectivity index (χ3v) is 2.06. The summed E-state index contributed by atoms with van der Waals surface area (Å²) in [4.78, 5) is 0. The maximum Gasteiger partial charge on any atom is 0.190 e. The number of nitrogens with one attached hydrogen (secondary N) is 2. The van der Waals surface area contributed by atoms with E-state index in [-0.39, 0.29) is 5.96 Å². The molecule has 0 bridgehead atoms. The molecule has 1 aromatic carbocycles. The van der Waals surface area contributed by atoms with Gasteiger partial charge < -0.3 is 15.8 Å². The number of halogens is 1. The summed E-state index contributed by atoms with van der Waals surface area (Å²) in [5.74, 6) is 0.522. The van der Waals surface area contributed by atoms with Crippen molar-refractivity contribution in [3.63, 3.8) is 0 Å². The van der Waals surface area contributed by atoms with E-state index in [4.69, 9.17) is 15.9 Å². The standard InChI is InChI=1S/C8H10BrN3O/c1-13-7-5(9)3-2-4-6(7)12-8(10)11/h2-4H,1H3,(H4,10,11,12). The van der Waals surface area contributed by atoms with Crippen LogP contribution in [0.5, 0.6) is 5.75 Å². The average molecular weight is 244 g/mol. The molecular formula is C8H10BrN3O. The van der Waals surface area contributed by atoms with Gasteiger partial charge in [0.05, 0.1) is 17.3 Å². The van der Waals surface area contributed by atoms with E-state index in [0.29, 0.717) is 11.4 Å². The van der Waals surface area contributed by atoms with Crippen LogP contribution in [-0.4, -0.2) is 13.1 Å². The number of hydrogen-bond acceptors (Lipinski definition) is 2. The van der Waals surface area contributed by atoms with Gasteiger partial charge in [0.2, 0.25) is 0 Å². The number of guanidine groups is 1. The molecule has 0 aliphatic heterocycles. The van der Waals surface area contributed by atoms with Crippen molar-refractivity contribution in [2.45, 2.75) is 0 Å². The second-order valence-electron chi connectivity index (χ2n) is 2.36. The number of nitrogens with two attached hydrogens (primary N) is 1. The highest BCUT2D eigenvalue weighted by Crippen LogP contribution is 2.32. The molecule has 4 nitrogen and oxygen atoms in total. The van der Waals surface area contributed by atoms with Crippen LogP contribution in [0.25, 0.3) is 0 Å². The molecule has 0 saturated carbocycles. The molecule has 5 heteroatoms. The Morgan fingerprint density at radius 1 is 1.62 bits per heavy atom. The lowest BCUT2D eigenvalue weighted by molar-refractivity contribution is 0.414. The van der Waals surface area contributed by atoms with Crippen molar-refractivity contribution < 1.29 is 4.74 Å². The number of rotatable bonds is 2. The largest absolute Gasteiger partial charge is 0.493 e. The van der Waals surface area contributed by atoms with E-state index in [1.807, 2.05) is 12.1 Å². The van der Waals surface area contributed by atoms with Crippen molar-refractivity contribution >= 4 is 27.6 Å². The van der Waals surface area contributed by atoms with Crippen LogP contribution in [0.3, 0.4) is 0 Å². The van der Waals surface area contributed by atoms with Gasteiger partial charge in [0.1, 0.15) is 0 Å². The van der Waals surface area contributed by atoms with Crippen LogP contribution in [0, 0.1) is 5.41 Å². The van der Waals surface area contributed by atoms with Crippen LogP contribution in [0.2, 0.25) is 0 Å². The summed E-state index contributed by atoms with van der Waals surface area (Å²) >= 11 is 3.32. The zero-order valence-corrected chi connectivity index (χ0v) is 8.68. The zero-order chi connectivity index (χ0) is 9.84. The van der Waals surface area contributed by atoms with Crippen LogP contribution in [-0.2, 0) is 0 Å². The molecule has 0 aliphatic carbocycles. The molecule has 13 heavy (non-hydrogen) atoms. The monoisotopic (exact) mass is 243 g/mol. The van der Waals surface area contributed by atoms with Crippen molar-refractivity contribution in [3.05, 3.63) is 22.7 Å². The topological polar surface area (TPSA) is 71.1 Å². The molecule has 0 atom stereocenters. The van der Waals surface area contributed by atoms with Crippen LogP contribution < -0.4 is 15.8 Å². The highest BCUT2D eigenvalue weighted by atomic mass is 79.9. The molecule has 0 heterocycles. The fourth-order valence-electron chi connectivity index (χ4n) is 0.960. The molecule has 0 radical (unpaired) electrons. The smallest absolute Gasteiger partial charge is 0.190 e. The second-order valence-corrected chi connectivity index (χ2v) is 3.21. The molecule has 1 aromatic rings. The molecule has 1 rings (SSSR count). The van der Waals surface area contributed by atoms with E-state index in [9.17, 15) is 0 Å². The second kappa shape index (κ2) is 4.13. The molecule has 0 aliphatic rings. The van der Waals surface area contributed by atoms with Crippen molar-refractivity contribution in [1.29, 1.82) is 5.41 Å². The van der Waals surface area contributed by atoms with Gasteiger partial charge in [-0.05, 0) is 28.1 Å². The van der Waals surface area contributed by atoms with Gasteiger partial charge >= 0.3 is 0 Å². The van der Waals surface area contributed by atoms with Gasteiger partial charge in [0.25, 0.3) is 0 Å². The first-order valence-corrected chi connectivity index (χ1v) is 4.38. The van der Waals surface area contributed by atoms with Gasteiger partial charge in [-0.2, -0.15) is 0 Å². The number of benzene rings is 1. The van der Waals surface area contributed by atoms with E-state index >= 15 is 0 Å². The Bertz CT molecular complexity index is 327. The summed E-state index contributed by atoms with van der Waals surface area (Å²) < 4.78 is 5.94. The third kappa shape index (κ3) is 2.35. The Balaban J connectivity index is 3.05. The first-order chi connectivity index (χ1) is 6.15. The molecule has 4 N–H and O–H groups in total. The lowest BCUT2D eigenvalue weighted by Crippen LogP contribution is -2.20. The van der Waals surface area contributed by atoms with Crippen molar-refractivity contribution in [2.24, 2.45) is 5.73 Å². The van der Waals surface area contributed by atoms with E-state index < -0.39 is 0 Å². The van der Waals surface area contributed by atoms with Gasteiger partial charge in [-0.3, -0.25) is 5.41 Å². The summed E-state index contributed by atoms with van der Waals surface area (Å²) in [6.45, 7) is 0. The molecule has 0 fully saturated rings. The predicted octanol–water partition coefficient (Wildman–Crippen LogP) is 1.76. The molecule has 0 aromatic heterocycles. The Hall–Kier alpha value is -1.23. The number of methoxy groups -OCH3 is 1. The SMILES string of the molecule is COc1c(Br)cccc1NC(=N)N. The van der Waals surface area contributed by atoms with Crippen LogP contribution in [0.1, 0.15) is 0 Å². The normalized spacial score (nSPS) is 9.38. The Morgan fingerprint density at radius 2 is 2.31 bits per heavy atom. The quantitative estimate of drug-likeness (QED) is 0.548. The number of anilines is 1. The van der Waals surface area contributed by atoms with Gasteiger partial charge in [0.15, 0.2) is 11.7 Å². The number of hydrogen-bond donors (Lipinski definition) is 3. The molecular weight excluding hydrogens is 234 g/mol. The minimum atomic E-state index is -0.114. The zero-order valence-electron chi connectivity index (χ0n) is 7.10.